The van der Waals surface area contributed by atoms with Crippen LogP contribution in [0.15, 0.2) is 48.5 Å². The van der Waals surface area contributed by atoms with Gasteiger partial charge in [-0.05, 0) is 17.7 Å². The zero-order valence-electron chi connectivity index (χ0n) is 10.1. The van der Waals surface area contributed by atoms with Crippen LogP contribution in [0, 0.1) is 0 Å². The zero-order chi connectivity index (χ0) is 12.5. The van der Waals surface area contributed by atoms with Gasteiger partial charge in [-0.2, -0.15) is 0 Å². The predicted molar refractivity (Wildman–Crippen MR) is 70.1 cm³/mol. The highest BCUT2D eigenvalue weighted by atomic mass is 19.0. The molecule has 3 nitrogen and oxygen atoms in total. The number of rotatable bonds is 1. The Morgan fingerprint density at radius 2 is 1.74 bits per heavy atom. The molecule has 2 aromatic rings. The Morgan fingerprint density at radius 3 is 2.53 bits per heavy atom. The highest BCUT2D eigenvalue weighted by molar-refractivity contribution is 6.03. The van der Waals surface area contributed by atoms with Crippen molar-refractivity contribution in [3.63, 3.8) is 0 Å². The van der Waals surface area contributed by atoms with E-state index in [4.69, 9.17) is 0 Å². The van der Waals surface area contributed by atoms with Crippen molar-refractivity contribution in [1.29, 1.82) is 0 Å². The lowest BCUT2D eigenvalue weighted by atomic mass is 9.92. The largest absolute Gasteiger partial charge is 0.872 e. The molecule has 2 aromatic carbocycles. The summed E-state index contributed by atoms with van der Waals surface area (Å²) in [6, 6.07) is 14.0. The van der Waals surface area contributed by atoms with E-state index in [2.05, 4.69) is 5.32 Å². The maximum Gasteiger partial charge on any atom is 0.167 e. The smallest absolute Gasteiger partial charge is 0.167 e. The number of anilines is 1. The molecule has 1 aliphatic heterocycles. The topological polar surface area (TPSA) is 52.2 Å². The lowest BCUT2D eigenvalue weighted by Gasteiger charge is -2.29. The number of benzene rings is 2. The van der Waals surface area contributed by atoms with E-state index in [0.717, 1.165) is 5.69 Å². The van der Waals surface area contributed by atoms with Crippen LogP contribution in [0.25, 0.3) is 0 Å². The quantitative estimate of drug-likeness (QED) is 0.855. The third-order valence-electron chi connectivity index (χ3n) is 3.24. The van der Waals surface area contributed by atoms with Crippen molar-refractivity contribution in [3.8, 4) is 5.75 Å². The number of Topliss-reactive ketones (excluding diaryl/α,β-unsaturated/α-hetero) is 1. The number of carbonyl (C=O) groups is 1. The number of para-hydroxylation sites is 2. The SMILES string of the molecule is F.O=C1CC(c2ccccc2[O-])Nc2ccccc21. The van der Waals surface area contributed by atoms with E-state index in [0.29, 0.717) is 17.5 Å². The Hall–Kier alpha value is -2.36. The summed E-state index contributed by atoms with van der Waals surface area (Å²) < 4.78 is 0. The van der Waals surface area contributed by atoms with Crippen molar-refractivity contribution >= 4 is 11.5 Å². The van der Waals surface area contributed by atoms with Crippen molar-refractivity contribution in [3.05, 3.63) is 59.7 Å². The van der Waals surface area contributed by atoms with E-state index in [-0.39, 0.29) is 22.3 Å². The Balaban J connectivity index is 0.00000133. The van der Waals surface area contributed by atoms with Crippen molar-refractivity contribution in [1.82, 2.24) is 0 Å². The molecule has 0 bridgehead atoms. The summed E-state index contributed by atoms with van der Waals surface area (Å²) in [5.74, 6) is 0.0554. The first-order chi connectivity index (χ1) is 8.75. The molecule has 0 spiro atoms. The molecule has 3 rings (SSSR count). The summed E-state index contributed by atoms with van der Waals surface area (Å²) in [4.78, 5) is 12.0. The molecule has 0 fully saturated rings. The molecule has 1 N–H and O–H groups in total. The van der Waals surface area contributed by atoms with Crippen LogP contribution in [0.2, 0.25) is 0 Å². The zero-order valence-corrected chi connectivity index (χ0v) is 10.1. The average molecular weight is 258 g/mol. The molecule has 0 saturated heterocycles. The van der Waals surface area contributed by atoms with E-state index >= 15 is 0 Å². The lowest BCUT2D eigenvalue weighted by molar-refractivity contribution is -0.269. The van der Waals surface area contributed by atoms with E-state index in [9.17, 15) is 9.90 Å². The second-order valence-corrected chi connectivity index (χ2v) is 4.41. The first-order valence-electron chi connectivity index (χ1n) is 5.90. The van der Waals surface area contributed by atoms with Gasteiger partial charge in [0, 0.05) is 17.7 Å². The van der Waals surface area contributed by atoms with E-state index in [1.54, 1.807) is 12.1 Å². The third kappa shape index (κ3) is 2.29. The highest BCUT2D eigenvalue weighted by Crippen LogP contribution is 2.34. The van der Waals surface area contributed by atoms with E-state index in [1.165, 1.54) is 6.07 Å². The Morgan fingerprint density at radius 1 is 1.05 bits per heavy atom. The summed E-state index contributed by atoms with van der Waals surface area (Å²) in [5.41, 5.74) is 2.17. The van der Waals surface area contributed by atoms with Gasteiger partial charge >= 0.3 is 0 Å². The fraction of sp³-hybridized carbons (Fsp3) is 0.133. The van der Waals surface area contributed by atoms with Crippen LogP contribution in [0.5, 0.6) is 5.75 Å². The summed E-state index contributed by atoms with van der Waals surface area (Å²) in [6.07, 6.45) is 0.330. The summed E-state index contributed by atoms with van der Waals surface area (Å²) in [6.45, 7) is 0. The molecule has 0 aromatic heterocycles. The van der Waals surface area contributed by atoms with Crippen LogP contribution in [0.1, 0.15) is 28.4 Å². The minimum absolute atomic E-state index is 0. The first kappa shape index (κ1) is 13.1. The van der Waals surface area contributed by atoms with E-state index in [1.807, 2.05) is 30.3 Å². The molecule has 1 atom stereocenters. The molecule has 4 heteroatoms. The molecular weight excluding hydrogens is 245 g/mol. The van der Waals surface area contributed by atoms with Gasteiger partial charge in [-0.3, -0.25) is 9.50 Å². The molecule has 1 aliphatic rings. The van der Waals surface area contributed by atoms with Crippen molar-refractivity contribution in [2.45, 2.75) is 12.5 Å². The molecule has 1 heterocycles. The van der Waals surface area contributed by atoms with Gasteiger partial charge < -0.3 is 10.4 Å². The first-order valence-corrected chi connectivity index (χ1v) is 5.90. The predicted octanol–water partition coefficient (Wildman–Crippen LogP) is 2.65. The van der Waals surface area contributed by atoms with Crippen LogP contribution in [0.3, 0.4) is 0 Å². The second kappa shape index (κ2) is 5.10. The van der Waals surface area contributed by atoms with Gasteiger partial charge in [-0.15, -0.1) is 5.75 Å². The van der Waals surface area contributed by atoms with Crippen LogP contribution in [-0.2, 0) is 0 Å². The second-order valence-electron chi connectivity index (χ2n) is 4.41. The molecule has 0 radical (unpaired) electrons. The number of nitrogens with one attached hydrogen (secondary N) is 1. The maximum absolute atomic E-state index is 12.0. The highest BCUT2D eigenvalue weighted by Gasteiger charge is 2.25. The summed E-state index contributed by atoms with van der Waals surface area (Å²) in [7, 11) is 0. The normalized spacial score (nSPS) is 17.1. The molecule has 0 saturated carbocycles. The van der Waals surface area contributed by atoms with Gasteiger partial charge in [0.2, 0.25) is 0 Å². The fourth-order valence-corrected chi connectivity index (χ4v) is 2.34. The van der Waals surface area contributed by atoms with Gasteiger partial charge in [0.1, 0.15) is 0 Å². The Bertz CT molecular complexity index is 613. The molecule has 98 valence electrons. The fourth-order valence-electron chi connectivity index (χ4n) is 2.34. The molecule has 0 amide bonds. The van der Waals surface area contributed by atoms with Crippen LogP contribution in [0.4, 0.5) is 10.4 Å². The number of halogens is 1. The van der Waals surface area contributed by atoms with Gasteiger partial charge in [-0.1, -0.05) is 36.4 Å². The minimum atomic E-state index is -0.221. The van der Waals surface area contributed by atoms with Gasteiger partial charge in [0.05, 0.1) is 6.04 Å². The van der Waals surface area contributed by atoms with Gasteiger partial charge in [0.25, 0.3) is 0 Å². The van der Waals surface area contributed by atoms with Crippen LogP contribution < -0.4 is 10.4 Å². The number of carbonyl (C=O) groups excluding carboxylic acids is 1. The Labute approximate surface area is 110 Å². The summed E-state index contributed by atoms with van der Waals surface area (Å²) >= 11 is 0. The van der Waals surface area contributed by atoms with Gasteiger partial charge in [-0.25, -0.2) is 0 Å². The average Bonchev–Trinajstić information content (AvgIpc) is 2.39. The van der Waals surface area contributed by atoms with Crippen molar-refractivity contribution < 1.29 is 14.6 Å². The van der Waals surface area contributed by atoms with Crippen LogP contribution in [-0.4, -0.2) is 5.78 Å². The summed E-state index contributed by atoms with van der Waals surface area (Å²) in [5, 5.41) is 15.0. The molecule has 0 aliphatic carbocycles. The number of fused-ring (bicyclic) bond motifs is 1. The number of hydrogen-bond acceptors (Lipinski definition) is 3. The van der Waals surface area contributed by atoms with Gasteiger partial charge in [0.15, 0.2) is 5.78 Å². The molecule has 1 unspecified atom stereocenters. The van der Waals surface area contributed by atoms with Crippen molar-refractivity contribution in [2.75, 3.05) is 5.32 Å². The molecule has 19 heavy (non-hydrogen) atoms. The molecular formula is C15H13FNO2-. The minimum Gasteiger partial charge on any atom is -0.872 e. The monoisotopic (exact) mass is 258 g/mol. The third-order valence-corrected chi connectivity index (χ3v) is 3.24. The van der Waals surface area contributed by atoms with Crippen molar-refractivity contribution in [2.24, 2.45) is 0 Å². The lowest BCUT2D eigenvalue weighted by Crippen LogP contribution is -2.23. The van der Waals surface area contributed by atoms with E-state index < -0.39 is 0 Å². The Kier molecular flexibility index (Phi) is 3.51. The van der Waals surface area contributed by atoms with Crippen LogP contribution >= 0.6 is 0 Å². The standard InChI is InChI=1S/C15H13NO2.FH/c17-14-8-4-2-6-11(14)13-9-15(18)10-5-1-3-7-12(10)16-13;/h1-8,13,16-17H,9H2;1H/p-1. The maximum atomic E-state index is 12.0. The number of ketones is 1. The number of hydrogen-bond donors (Lipinski definition) is 1.